The maximum absolute atomic E-state index is 12.1. The molecule has 1 aliphatic rings. The Bertz CT molecular complexity index is 517. The highest BCUT2D eigenvalue weighted by molar-refractivity contribution is 6.01. The van der Waals surface area contributed by atoms with Gasteiger partial charge in [-0.25, -0.2) is 4.79 Å². The number of ether oxygens (including phenoxy) is 1. The Morgan fingerprint density at radius 3 is 2.78 bits per heavy atom. The van der Waals surface area contributed by atoms with Gasteiger partial charge in [-0.05, 0) is 32.3 Å². The van der Waals surface area contributed by atoms with E-state index in [1.165, 1.54) is 7.11 Å². The van der Waals surface area contributed by atoms with Crippen molar-refractivity contribution >= 4 is 11.9 Å². The van der Waals surface area contributed by atoms with Crippen LogP contribution in [0.15, 0.2) is 0 Å². The molecule has 0 radical (unpaired) electrons. The van der Waals surface area contributed by atoms with E-state index in [1.807, 2.05) is 13.8 Å². The zero-order valence-electron chi connectivity index (χ0n) is 11.2. The van der Waals surface area contributed by atoms with Crippen LogP contribution in [0.25, 0.3) is 0 Å². The number of methoxy groups -OCH3 is 1. The van der Waals surface area contributed by atoms with E-state index in [4.69, 9.17) is 4.74 Å². The number of amides is 1. The number of nitrogens with zero attached hydrogens (tertiary/aromatic N) is 1. The molecule has 0 bridgehead atoms. The molecule has 0 fully saturated rings. The fourth-order valence-corrected chi connectivity index (χ4v) is 2.51. The number of rotatable bonds is 1. The number of carbonyl (C=O) groups is 2. The van der Waals surface area contributed by atoms with Crippen LogP contribution < -0.4 is 5.32 Å². The molecule has 1 unspecified atom stereocenters. The molecule has 5 heteroatoms. The molecule has 0 aliphatic carbocycles. The molecule has 0 aromatic carbocycles. The zero-order valence-corrected chi connectivity index (χ0v) is 11.2. The van der Waals surface area contributed by atoms with E-state index in [0.29, 0.717) is 17.7 Å². The van der Waals surface area contributed by atoms with Gasteiger partial charge in [0.2, 0.25) is 0 Å². The van der Waals surface area contributed by atoms with Crippen LogP contribution in [0.4, 0.5) is 0 Å². The van der Waals surface area contributed by atoms with Gasteiger partial charge in [0.05, 0.1) is 12.7 Å². The molecule has 1 amide bonds. The molecule has 1 aliphatic heterocycles. The number of esters is 1. The van der Waals surface area contributed by atoms with E-state index in [9.17, 15) is 9.59 Å². The van der Waals surface area contributed by atoms with Gasteiger partial charge in [-0.3, -0.25) is 4.79 Å². The first-order valence-corrected chi connectivity index (χ1v) is 6.04. The van der Waals surface area contributed by atoms with Gasteiger partial charge in [0.1, 0.15) is 5.69 Å². The van der Waals surface area contributed by atoms with Crippen LogP contribution >= 0.6 is 0 Å². The largest absolute Gasteiger partial charge is 0.465 e. The number of carbonyl (C=O) groups excluding carboxylic acids is 2. The number of hydrogen-bond donors (Lipinski definition) is 1. The summed E-state index contributed by atoms with van der Waals surface area (Å²) < 4.78 is 6.59. The molecule has 98 valence electrons. The molecule has 0 spiro atoms. The van der Waals surface area contributed by atoms with Gasteiger partial charge >= 0.3 is 5.97 Å². The van der Waals surface area contributed by atoms with E-state index in [2.05, 4.69) is 5.32 Å². The normalized spacial score (nSPS) is 18.9. The molecule has 0 saturated heterocycles. The highest BCUT2D eigenvalue weighted by atomic mass is 16.5. The molecule has 0 saturated carbocycles. The van der Waals surface area contributed by atoms with Crippen LogP contribution in [-0.2, 0) is 18.2 Å². The van der Waals surface area contributed by atoms with Crippen LogP contribution in [0.3, 0.4) is 0 Å². The monoisotopic (exact) mass is 250 g/mol. The summed E-state index contributed by atoms with van der Waals surface area (Å²) in [5.41, 5.74) is 2.71. The van der Waals surface area contributed by atoms with Crippen LogP contribution in [0, 0.1) is 6.92 Å². The topological polar surface area (TPSA) is 60.3 Å². The summed E-state index contributed by atoms with van der Waals surface area (Å²) >= 11 is 0. The van der Waals surface area contributed by atoms with Crippen LogP contribution in [0.2, 0.25) is 0 Å². The van der Waals surface area contributed by atoms with Crippen molar-refractivity contribution in [2.75, 3.05) is 7.11 Å². The summed E-state index contributed by atoms with van der Waals surface area (Å²) in [6.07, 6.45) is 1.54. The summed E-state index contributed by atoms with van der Waals surface area (Å²) in [4.78, 5) is 24.0. The second kappa shape index (κ2) is 4.48. The van der Waals surface area contributed by atoms with Crippen molar-refractivity contribution in [3.8, 4) is 0 Å². The lowest BCUT2D eigenvalue weighted by Crippen LogP contribution is -2.32. The Morgan fingerprint density at radius 2 is 2.17 bits per heavy atom. The molecular weight excluding hydrogens is 232 g/mol. The molecule has 2 heterocycles. The number of fused-ring (bicyclic) bond motifs is 1. The first kappa shape index (κ1) is 12.7. The lowest BCUT2D eigenvalue weighted by molar-refractivity contribution is 0.0598. The van der Waals surface area contributed by atoms with Gasteiger partial charge in [-0.1, -0.05) is 0 Å². The van der Waals surface area contributed by atoms with Gasteiger partial charge in [0.15, 0.2) is 0 Å². The molecule has 18 heavy (non-hydrogen) atoms. The van der Waals surface area contributed by atoms with Crippen LogP contribution in [0.1, 0.15) is 45.4 Å². The molecule has 1 aromatic rings. The van der Waals surface area contributed by atoms with E-state index >= 15 is 0 Å². The van der Waals surface area contributed by atoms with Crippen molar-refractivity contribution < 1.29 is 14.3 Å². The van der Waals surface area contributed by atoms with Gasteiger partial charge < -0.3 is 14.6 Å². The minimum Gasteiger partial charge on any atom is -0.465 e. The number of hydrogen-bond acceptors (Lipinski definition) is 3. The second-order valence-electron chi connectivity index (χ2n) is 4.75. The Morgan fingerprint density at radius 1 is 1.50 bits per heavy atom. The molecule has 1 aromatic heterocycles. The number of aromatic nitrogens is 1. The Hall–Kier alpha value is -1.78. The fourth-order valence-electron chi connectivity index (χ4n) is 2.51. The third-order valence-electron chi connectivity index (χ3n) is 3.60. The van der Waals surface area contributed by atoms with Crippen molar-refractivity contribution in [2.45, 2.75) is 32.7 Å². The quantitative estimate of drug-likeness (QED) is 0.761. The third kappa shape index (κ3) is 1.79. The fraction of sp³-hybridized carbons (Fsp3) is 0.538. The van der Waals surface area contributed by atoms with Crippen molar-refractivity contribution in [1.82, 2.24) is 9.88 Å². The molecule has 2 rings (SSSR count). The Kier molecular flexibility index (Phi) is 3.15. The standard InChI is InChI=1S/C13H18N2O3/c1-7-5-6-9-10(13(17)18-4)8(2)15(3)11(9)12(16)14-7/h7H,5-6H2,1-4H3,(H,14,16). The first-order chi connectivity index (χ1) is 8.47. The van der Waals surface area contributed by atoms with E-state index < -0.39 is 0 Å². The zero-order chi connectivity index (χ0) is 13.4. The van der Waals surface area contributed by atoms with Crippen molar-refractivity contribution in [1.29, 1.82) is 0 Å². The van der Waals surface area contributed by atoms with Gasteiger partial charge in [-0.15, -0.1) is 0 Å². The van der Waals surface area contributed by atoms with Gasteiger partial charge in [0.25, 0.3) is 5.91 Å². The highest BCUT2D eigenvalue weighted by Crippen LogP contribution is 2.26. The van der Waals surface area contributed by atoms with Crippen molar-refractivity contribution in [3.63, 3.8) is 0 Å². The maximum Gasteiger partial charge on any atom is 0.339 e. The molecular formula is C13H18N2O3. The SMILES string of the molecule is COC(=O)c1c2c(n(C)c1C)C(=O)NC(C)CC2. The van der Waals surface area contributed by atoms with E-state index in [-0.39, 0.29) is 17.9 Å². The average molecular weight is 250 g/mol. The molecule has 5 nitrogen and oxygen atoms in total. The minimum absolute atomic E-state index is 0.115. The van der Waals surface area contributed by atoms with Crippen LogP contribution in [-0.4, -0.2) is 29.6 Å². The summed E-state index contributed by atoms with van der Waals surface area (Å²) in [7, 11) is 3.16. The average Bonchev–Trinajstić information content (AvgIpc) is 2.48. The van der Waals surface area contributed by atoms with E-state index in [1.54, 1.807) is 11.6 Å². The van der Waals surface area contributed by atoms with Gasteiger partial charge in [-0.2, -0.15) is 0 Å². The summed E-state index contributed by atoms with van der Waals surface area (Å²) in [5.74, 6) is -0.484. The smallest absolute Gasteiger partial charge is 0.339 e. The summed E-state index contributed by atoms with van der Waals surface area (Å²) in [6.45, 7) is 3.80. The van der Waals surface area contributed by atoms with Crippen molar-refractivity contribution in [2.24, 2.45) is 7.05 Å². The lowest BCUT2D eigenvalue weighted by atomic mass is 10.0. The number of nitrogens with one attached hydrogen (secondary N) is 1. The molecule has 1 N–H and O–H groups in total. The second-order valence-corrected chi connectivity index (χ2v) is 4.75. The predicted molar refractivity (Wildman–Crippen MR) is 66.7 cm³/mol. The first-order valence-electron chi connectivity index (χ1n) is 6.04. The summed E-state index contributed by atoms with van der Waals surface area (Å²) in [5, 5.41) is 2.92. The van der Waals surface area contributed by atoms with E-state index in [0.717, 1.165) is 17.7 Å². The van der Waals surface area contributed by atoms with Crippen LogP contribution in [0.5, 0.6) is 0 Å². The van der Waals surface area contributed by atoms with Crippen molar-refractivity contribution in [3.05, 3.63) is 22.5 Å². The minimum atomic E-state index is -0.369. The lowest BCUT2D eigenvalue weighted by Gasteiger charge is -2.10. The molecule has 1 atom stereocenters. The predicted octanol–water partition coefficient (Wildman–Crippen LogP) is 1.18. The Balaban J connectivity index is 2.62. The maximum atomic E-state index is 12.1. The van der Waals surface area contributed by atoms with Gasteiger partial charge in [0, 0.05) is 18.8 Å². The summed E-state index contributed by atoms with van der Waals surface area (Å²) in [6, 6.07) is 0.121. The Labute approximate surface area is 106 Å². The third-order valence-corrected chi connectivity index (χ3v) is 3.60. The highest BCUT2D eigenvalue weighted by Gasteiger charge is 2.30.